The van der Waals surface area contributed by atoms with Crippen molar-refractivity contribution in [1.29, 1.82) is 0 Å². The third-order valence-corrected chi connectivity index (χ3v) is 6.37. The fourth-order valence-corrected chi connectivity index (χ4v) is 4.45. The fourth-order valence-electron chi connectivity index (χ4n) is 4.45. The number of hydrogen-bond donors (Lipinski definition) is 2. The molecule has 186 valence electrons. The third-order valence-electron chi connectivity index (χ3n) is 6.37. The second kappa shape index (κ2) is 15.0. The summed E-state index contributed by atoms with van der Waals surface area (Å²) in [5.74, 6) is 0.148. The van der Waals surface area contributed by atoms with Crippen LogP contribution in [0.4, 0.5) is 0 Å². The molecule has 5 heteroatoms. The van der Waals surface area contributed by atoms with Crippen LogP contribution >= 0.6 is 12.4 Å². The number of aromatic hydroxyl groups is 1. The lowest BCUT2D eigenvalue weighted by atomic mass is 9.99. The molecule has 0 aliphatic carbocycles. The zero-order valence-corrected chi connectivity index (χ0v) is 21.6. The largest absolute Gasteiger partial charge is 0.506 e. The van der Waals surface area contributed by atoms with Gasteiger partial charge in [0.2, 0.25) is 0 Å². The Morgan fingerprint density at radius 3 is 2.09 bits per heavy atom. The number of unbranched alkanes of at least 4 members (excludes halogenated alkanes) is 6. The van der Waals surface area contributed by atoms with Gasteiger partial charge in [-0.1, -0.05) is 94.8 Å². The predicted molar refractivity (Wildman–Crippen MR) is 146 cm³/mol. The van der Waals surface area contributed by atoms with E-state index in [-0.39, 0.29) is 18.2 Å². The standard InChI is InChI=1S/C29H40N2O2.ClH/c1-3-5-7-12-19-31(20-13-8-6-4-2)22-28(33)25-21-26(23-15-10-9-11-16-23)30-29-24(25)17-14-18-27(29)32;/h9-11,14-18,21,28,32-33H,3-8,12-13,19-20,22H2,1-2H3;1H. The van der Waals surface area contributed by atoms with Crippen molar-refractivity contribution in [2.45, 2.75) is 71.3 Å². The molecule has 1 unspecified atom stereocenters. The monoisotopic (exact) mass is 484 g/mol. The van der Waals surface area contributed by atoms with Gasteiger partial charge in [-0.25, -0.2) is 4.98 Å². The molecule has 2 aromatic carbocycles. The minimum absolute atomic E-state index is 0. The highest BCUT2D eigenvalue weighted by Crippen LogP contribution is 2.33. The average molecular weight is 485 g/mol. The molecule has 0 bridgehead atoms. The molecule has 3 rings (SSSR count). The second-order valence-corrected chi connectivity index (χ2v) is 9.07. The summed E-state index contributed by atoms with van der Waals surface area (Å²) in [4.78, 5) is 7.16. The summed E-state index contributed by atoms with van der Waals surface area (Å²) in [6.07, 6.45) is 9.16. The van der Waals surface area contributed by atoms with E-state index in [1.165, 1.54) is 51.4 Å². The minimum Gasteiger partial charge on any atom is -0.506 e. The SMILES string of the molecule is CCCCCCN(CCCCCC)CC(O)c1cc(-c2ccccc2)nc2c(O)cccc12.Cl. The molecule has 2 N–H and O–H groups in total. The lowest BCUT2D eigenvalue weighted by Gasteiger charge is -2.26. The maximum atomic E-state index is 11.4. The molecule has 0 saturated heterocycles. The van der Waals surface area contributed by atoms with Crippen LogP contribution in [0.2, 0.25) is 0 Å². The molecule has 4 nitrogen and oxygen atoms in total. The number of aliphatic hydroxyl groups is 1. The van der Waals surface area contributed by atoms with Gasteiger partial charge in [0.15, 0.2) is 0 Å². The van der Waals surface area contributed by atoms with Crippen molar-refractivity contribution in [2.75, 3.05) is 19.6 Å². The van der Waals surface area contributed by atoms with E-state index in [4.69, 9.17) is 4.98 Å². The number of phenols is 1. The van der Waals surface area contributed by atoms with Gasteiger partial charge in [-0.3, -0.25) is 0 Å². The molecule has 3 aromatic rings. The van der Waals surface area contributed by atoms with Gasteiger partial charge in [-0.2, -0.15) is 0 Å². The van der Waals surface area contributed by atoms with E-state index in [0.29, 0.717) is 12.1 Å². The van der Waals surface area contributed by atoms with E-state index in [9.17, 15) is 10.2 Å². The summed E-state index contributed by atoms with van der Waals surface area (Å²) in [5, 5.41) is 22.7. The van der Waals surface area contributed by atoms with E-state index < -0.39 is 6.10 Å². The van der Waals surface area contributed by atoms with Gasteiger partial charge >= 0.3 is 0 Å². The van der Waals surface area contributed by atoms with Gasteiger partial charge in [0.1, 0.15) is 11.3 Å². The molecule has 0 aliphatic heterocycles. The Morgan fingerprint density at radius 1 is 0.824 bits per heavy atom. The van der Waals surface area contributed by atoms with Crippen LogP contribution in [0.25, 0.3) is 22.2 Å². The number of hydrogen-bond acceptors (Lipinski definition) is 4. The van der Waals surface area contributed by atoms with Crippen molar-refractivity contribution in [3.63, 3.8) is 0 Å². The predicted octanol–water partition coefficient (Wildman–Crippen LogP) is 7.53. The Balaban J connectivity index is 0.00000408. The molecule has 34 heavy (non-hydrogen) atoms. The Kier molecular flexibility index (Phi) is 12.4. The van der Waals surface area contributed by atoms with Crippen LogP contribution < -0.4 is 0 Å². The molecular weight excluding hydrogens is 444 g/mol. The van der Waals surface area contributed by atoms with E-state index in [2.05, 4.69) is 18.7 Å². The zero-order valence-electron chi connectivity index (χ0n) is 20.7. The maximum Gasteiger partial charge on any atom is 0.141 e. The summed E-state index contributed by atoms with van der Waals surface area (Å²) < 4.78 is 0. The maximum absolute atomic E-state index is 11.4. The summed E-state index contributed by atoms with van der Waals surface area (Å²) >= 11 is 0. The van der Waals surface area contributed by atoms with Crippen molar-refractivity contribution < 1.29 is 10.2 Å². The van der Waals surface area contributed by atoms with Crippen molar-refractivity contribution in [3.05, 3.63) is 60.2 Å². The van der Waals surface area contributed by atoms with Crippen LogP contribution in [-0.2, 0) is 0 Å². The summed E-state index contributed by atoms with van der Waals surface area (Å²) in [7, 11) is 0. The van der Waals surface area contributed by atoms with E-state index in [1.54, 1.807) is 6.07 Å². The topological polar surface area (TPSA) is 56.6 Å². The first kappa shape index (κ1) is 28.1. The highest BCUT2D eigenvalue weighted by molar-refractivity contribution is 5.89. The number of fused-ring (bicyclic) bond motifs is 1. The van der Waals surface area contributed by atoms with Crippen molar-refractivity contribution >= 4 is 23.3 Å². The number of para-hydroxylation sites is 1. The average Bonchev–Trinajstić information content (AvgIpc) is 2.84. The molecule has 1 heterocycles. The van der Waals surface area contributed by atoms with Crippen molar-refractivity contribution in [1.82, 2.24) is 9.88 Å². The van der Waals surface area contributed by atoms with Crippen LogP contribution in [0.1, 0.15) is 76.9 Å². The number of benzene rings is 2. The molecule has 0 amide bonds. The highest BCUT2D eigenvalue weighted by atomic mass is 35.5. The first-order valence-corrected chi connectivity index (χ1v) is 12.7. The Hall–Kier alpha value is -2.14. The van der Waals surface area contributed by atoms with Crippen LogP contribution in [0.3, 0.4) is 0 Å². The number of rotatable bonds is 14. The highest BCUT2D eigenvalue weighted by Gasteiger charge is 2.19. The summed E-state index contributed by atoms with van der Waals surface area (Å²) in [5.41, 5.74) is 3.13. The number of pyridine rings is 1. The van der Waals surface area contributed by atoms with E-state index in [1.807, 2.05) is 48.5 Å². The first-order chi connectivity index (χ1) is 16.1. The Labute approximate surface area is 211 Å². The van der Waals surface area contributed by atoms with Crippen LogP contribution in [0, 0.1) is 0 Å². The van der Waals surface area contributed by atoms with Crippen molar-refractivity contribution in [3.8, 4) is 17.0 Å². The lowest BCUT2D eigenvalue weighted by molar-refractivity contribution is 0.111. The van der Waals surface area contributed by atoms with Crippen LogP contribution in [0.15, 0.2) is 54.6 Å². The number of aliphatic hydroxyl groups excluding tert-OH is 1. The molecule has 0 radical (unpaired) electrons. The number of halogens is 1. The van der Waals surface area contributed by atoms with E-state index in [0.717, 1.165) is 35.3 Å². The van der Waals surface area contributed by atoms with Crippen LogP contribution in [-0.4, -0.2) is 39.7 Å². The van der Waals surface area contributed by atoms with Gasteiger partial charge in [0.05, 0.1) is 11.8 Å². The van der Waals surface area contributed by atoms with Gasteiger partial charge < -0.3 is 15.1 Å². The Morgan fingerprint density at radius 2 is 1.47 bits per heavy atom. The Bertz CT molecular complexity index is 969. The number of nitrogens with zero attached hydrogens (tertiary/aromatic N) is 2. The molecule has 0 saturated carbocycles. The molecular formula is C29H41ClN2O2. The molecule has 0 spiro atoms. The number of phenolic OH excluding ortho intramolecular Hbond substituents is 1. The van der Waals surface area contributed by atoms with Crippen molar-refractivity contribution in [2.24, 2.45) is 0 Å². The van der Waals surface area contributed by atoms with Gasteiger partial charge in [-0.15, -0.1) is 12.4 Å². The normalized spacial score (nSPS) is 12.1. The molecule has 1 aromatic heterocycles. The van der Waals surface area contributed by atoms with Gasteiger partial charge in [0, 0.05) is 17.5 Å². The zero-order chi connectivity index (χ0) is 23.5. The summed E-state index contributed by atoms with van der Waals surface area (Å²) in [6, 6.07) is 17.4. The lowest BCUT2D eigenvalue weighted by Crippen LogP contribution is -2.31. The fraction of sp³-hybridized carbons (Fsp3) is 0.483. The molecule has 1 atom stereocenters. The second-order valence-electron chi connectivity index (χ2n) is 9.07. The molecule has 0 aliphatic rings. The van der Waals surface area contributed by atoms with Crippen LogP contribution in [0.5, 0.6) is 5.75 Å². The van der Waals surface area contributed by atoms with Gasteiger partial charge in [-0.05, 0) is 43.6 Å². The summed E-state index contributed by atoms with van der Waals surface area (Å²) in [6.45, 7) is 7.11. The van der Waals surface area contributed by atoms with Gasteiger partial charge in [0.25, 0.3) is 0 Å². The smallest absolute Gasteiger partial charge is 0.141 e. The quantitative estimate of drug-likeness (QED) is 0.232. The van der Waals surface area contributed by atoms with E-state index >= 15 is 0 Å². The first-order valence-electron chi connectivity index (χ1n) is 12.7. The third kappa shape index (κ3) is 7.97. The minimum atomic E-state index is -0.642. The number of aromatic nitrogens is 1. The molecule has 0 fully saturated rings.